The first-order chi connectivity index (χ1) is 9.74. The molecule has 1 heterocycles. The number of likely N-dealkylation sites (N-methyl/N-ethyl adjacent to an activating group) is 1. The summed E-state index contributed by atoms with van der Waals surface area (Å²) in [4.78, 5) is 2.45. The summed E-state index contributed by atoms with van der Waals surface area (Å²) >= 11 is 0. The van der Waals surface area contributed by atoms with Gasteiger partial charge in [-0.3, -0.25) is 0 Å². The maximum Gasteiger partial charge on any atom is 0.163 e. The smallest absolute Gasteiger partial charge is 0.163 e. The molecule has 0 radical (unpaired) electrons. The fraction of sp³-hybridized carbons (Fsp3) is 0.625. The average molecular weight is 278 g/mol. The fourth-order valence-corrected chi connectivity index (χ4v) is 2.69. The van der Waals surface area contributed by atoms with Crippen molar-refractivity contribution in [2.24, 2.45) is 0 Å². The minimum atomic E-state index is 0.626. The molecule has 1 fully saturated rings. The number of likely N-dealkylation sites (tertiary alicyclic amines) is 1. The molecule has 4 nitrogen and oxygen atoms in total. The van der Waals surface area contributed by atoms with Crippen molar-refractivity contribution in [1.29, 1.82) is 0 Å². The van der Waals surface area contributed by atoms with Crippen molar-refractivity contribution in [2.75, 3.05) is 39.2 Å². The summed E-state index contributed by atoms with van der Waals surface area (Å²) in [6, 6.07) is 6.65. The number of benzene rings is 1. The summed E-state index contributed by atoms with van der Waals surface area (Å²) in [7, 11) is 3.88. The van der Waals surface area contributed by atoms with E-state index in [9.17, 15) is 0 Å². The minimum Gasteiger partial charge on any atom is -0.493 e. The Balaban J connectivity index is 1.96. The van der Waals surface area contributed by atoms with E-state index in [1.54, 1.807) is 7.11 Å². The number of rotatable bonds is 6. The van der Waals surface area contributed by atoms with E-state index < -0.39 is 0 Å². The van der Waals surface area contributed by atoms with Crippen molar-refractivity contribution < 1.29 is 9.47 Å². The molecule has 20 heavy (non-hydrogen) atoms. The number of piperidine rings is 1. The number of hydrogen-bond donors (Lipinski definition) is 1. The lowest BCUT2D eigenvalue weighted by Crippen LogP contribution is -2.40. The Morgan fingerprint density at radius 2 is 2.15 bits per heavy atom. The molecule has 2 rings (SSSR count). The van der Waals surface area contributed by atoms with Crippen LogP contribution in [0.1, 0.15) is 26.2 Å². The highest BCUT2D eigenvalue weighted by molar-refractivity contribution is 5.54. The molecule has 1 aromatic carbocycles. The predicted molar refractivity (Wildman–Crippen MR) is 82.9 cm³/mol. The molecule has 112 valence electrons. The quantitative estimate of drug-likeness (QED) is 0.867. The molecule has 1 saturated heterocycles. The molecule has 1 aliphatic rings. The van der Waals surface area contributed by atoms with Gasteiger partial charge in [-0.05, 0) is 45.5 Å². The SMILES string of the molecule is CCOc1cc(NCC2CCCCN2C)ccc1OC. The number of ether oxygens (including phenoxy) is 2. The van der Waals surface area contributed by atoms with Gasteiger partial charge in [0.2, 0.25) is 0 Å². The number of nitrogens with zero attached hydrogens (tertiary/aromatic N) is 1. The highest BCUT2D eigenvalue weighted by Gasteiger charge is 2.18. The zero-order chi connectivity index (χ0) is 14.4. The highest BCUT2D eigenvalue weighted by atomic mass is 16.5. The van der Waals surface area contributed by atoms with Crippen molar-refractivity contribution in [3.63, 3.8) is 0 Å². The average Bonchev–Trinajstić information content (AvgIpc) is 2.47. The molecule has 1 unspecified atom stereocenters. The van der Waals surface area contributed by atoms with Gasteiger partial charge in [0.1, 0.15) is 0 Å². The second-order valence-electron chi connectivity index (χ2n) is 5.31. The number of methoxy groups -OCH3 is 1. The van der Waals surface area contributed by atoms with Crippen LogP contribution < -0.4 is 14.8 Å². The fourth-order valence-electron chi connectivity index (χ4n) is 2.69. The normalized spacial score (nSPS) is 19.6. The summed E-state index contributed by atoms with van der Waals surface area (Å²) in [5, 5.41) is 3.52. The first-order valence-electron chi connectivity index (χ1n) is 7.49. The number of hydrogen-bond acceptors (Lipinski definition) is 4. The molecule has 0 saturated carbocycles. The van der Waals surface area contributed by atoms with Gasteiger partial charge in [-0.25, -0.2) is 0 Å². The van der Waals surface area contributed by atoms with E-state index in [0.29, 0.717) is 12.6 Å². The molecule has 1 aromatic rings. The topological polar surface area (TPSA) is 33.7 Å². The van der Waals surface area contributed by atoms with E-state index >= 15 is 0 Å². The van der Waals surface area contributed by atoms with Crippen LogP contribution in [-0.2, 0) is 0 Å². The highest BCUT2D eigenvalue weighted by Crippen LogP contribution is 2.30. The summed E-state index contributed by atoms with van der Waals surface area (Å²) in [5.74, 6) is 1.59. The molecule has 4 heteroatoms. The van der Waals surface area contributed by atoms with Gasteiger partial charge in [-0.15, -0.1) is 0 Å². The number of nitrogens with one attached hydrogen (secondary N) is 1. The van der Waals surface area contributed by atoms with Gasteiger partial charge in [0, 0.05) is 24.3 Å². The van der Waals surface area contributed by atoms with Gasteiger partial charge in [-0.2, -0.15) is 0 Å². The van der Waals surface area contributed by atoms with Crippen LogP contribution in [0.3, 0.4) is 0 Å². The van der Waals surface area contributed by atoms with Crippen molar-refractivity contribution in [3.8, 4) is 11.5 Å². The predicted octanol–water partition coefficient (Wildman–Crippen LogP) is 2.99. The van der Waals surface area contributed by atoms with Crippen molar-refractivity contribution in [2.45, 2.75) is 32.2 Å². The molecule has 0 amide bonds. The zero-order valence-corrected chi connectivity index (χ0v) is 12.8. The van der Waals surface area contributed by atoms with Crippen LogP contribution >= 0.6 is 0 Å². The molecular weight excluding hydrogens is 252 g/mol. The Hall–Kier alpha value is -1.42. The van der Waals surface area contributed by atoms with Gasteiger partial charge >= 0.3 is 0 Å². The third kappa shape index (κ3) is 3.79. The van der Waals surface area contributed by atoms with Gasteiger partial charge < -0.3 is 19.7 Å². The molecule has 0 spiro atoms. The molecule has 0 bridgehead atoms. The lowest BCUT2D eigenvalue weighted by molar-refractivity contribution is 0.194. The van der Waals surface area contributed by atoms with Crippen LogP contribution in [-0.4, -0.2) is 44.8 Å². The van der Waals surface area contributed by atoms with E-state index in [0.717, 1.165) is 23.7 Å². The van der Waals surface area contributed by atoms with Crippen LogP contribution in [0.5, 0.6) is 11.5 Å². The van der Waals surface area contributed by atoms with Crippen LogP contribution in [0.15, 0.2) is 18.2 Å². The molecular formula is C16H26N2O2. The summed E-state index contributed by atoms with van der Waals surface area (Å²) in [6.07, 6.45) is 3.94. The Morgan fingerprint density at radius 3 is 2.85 bits per heavy atom. The third-order valence-corrected chi connectivity index (χ3v) is 3.93. The lowest BCUT2D eigenvalue weighted by Gasteiger charge is -2.32. The van der Waals surface area contributed by atoms with Gasteiger partial charge in [-0.1, -0.05) is 6.42 Å². The Morgan fingerprint density at radius 1 is 1.30 bits per heavy atom. The maximum absolute atomic E-state index is 5.61. The Kier molecular flexibility index (Phi) is 5.53. The second-order valence-corrected chi connectivity index (χ2v) is 5.31. The standard InChI is InChI=1S/C16H26N2O2/c1-4-20-16-11-13(8-9-15(16)19-3)17-12-14-7-5-6-10-18(14)2/h8-9,11,14,17H,4-7,10,12H2,1-3H3. The monoisotopic (exact) mass is 278 g/mol. The van der Waals surface area contributed by atoms with Crippen LogP contribution in [0.4, 0.5) is 5.69 Å². The molecule has 1 atom stereocenters. The van der Waals surface area contributed by atoms with E-state index in [-0.39, 0.29) is 0 Å². The molecule has 0 aromatic heterocycles. The van der Waals surface area contributed by atoms with Gasteiger partial charge in [0.05, 0.1) is 13.7 Å². The van der Waals surface area contributed by atoms with Crippen molar-refractivity contribution >= 4 is 5.69 Å². The van der Waals surface area contributed by atoms with Crippen molar-refractivity contribution in [3.05, 3.63) is 18.2 Å². The molecule has 1 N–H and O–H groups in total. The summed E-state index contributed by atoms with van der Waals surface area (Å²) in [5.41, 5.74) is 1.09. The van der Waals surface area contributed by atoms with E-state index in [1.807, 2.05) is 25.1 Å². The third-order valence-electron chi connectivity index (χ3n) is 3.93. The number of anilines is 1. The van der Waals surface area contributed by atoms with E-state index in [2.05, 4.69) is 17.3 Å². The first kappa shape index (κ1) is 15.0. The van der Waals surface area contributed by atoms with E-state index in [1.165, 1.54) is 25.8 Å². The summed E-state index contributed by atoms with van der Waals surface area (Å²) < 4.78 is 10.9. The largest absolute Gasteiger partial charge is 0.493 e. The van der Waals surface area contributed by atoms with Crippen molar-refractivity contribution in [1.82, 2.24) is 4.90 Å². The van der Waals surface area contributed by atoms with E-state index in [4.69, 9.17) is 9.47 Å². The van der Waals surface area contributed by atoms with Gasteiger partial charge in [0.15, 0.2) is 11.5 Å². The van der Waals surface area contributed by atoms with Gasteiger partial charge in [0.25, 0.3) is 0 Å². The van der Waals surface area contributed by atoms with Crippen LogP contribution in [0.25, 0.3) is 0 Å². The van der Waals surface area contributed by atoms with Crippen LogP contribution in [0.2, 0.25) is 0 Å². The second kappa shape index (κ2) is 7.39. The Labute approximate surface area is 122 Å². The lowest BCUT2D eigenvalue weighted by atomic mass is 10.0. The van der Waals surface area contributed by atoms with Crippen LogP contribution in [0, 0.1) is 0 Å². The maximum atomic E-state index is 5.61. The molecule has 0 aliphatic carbocycles. The first-order valence-corrected chi connectivity index (χ1v) is 7.49. The Bertz CT molecular complexity index is 423. The zero-order valence-electron chi connectivity index (χ0n) is 12.8. The minimum absolute atomic E-state index is 0.626. The summed E-state index contributed by atoms with van der Waals surface area (Å²) in [6.45, 7) is 4.81. The molecule has 1 aliphatic heterocycles.